The summed E-state index contributed by atoms with van der Waals surface area (Å²) in [6.07, 6.45) is 0.779. The van der Waals surface area contributed by atoms with Crippen LogP contribution in [0.3, 0.4) is 0 Å². The maximum absolute atomic E-state index is 12.3. The maximum Gasteiger partial charge on any atom is 0.251 e. The molecule has 1 N–H and O–H groups in total. The van der Waals surface area contributed by atoms with E-state index in [4.69, 9.17) is 4.74 Å². The van der Waals surface area contributed by atoms with Crippen LogP contribution in [0.15, 0.2) is 24.3 Å². The van der Waals surface area contributed by atoms with E-state index in [1.807, 2.05) is 46.0 Å². The third-order valence-corrected chi connectivity index (χ3v) is 4.36. The first-order chi connectivity index (χ1) is 10.0. The summed E-state index contributed by atoms with van der Waals surface area (Å²) in [5.41, 5.74) is 1.41. The number of nitrogens with one attached hydrogen (secondary N) is 1. The molecule has 0 aliphatic carbocycles. The first-order valence-electron chi connectivity index (χ1n) is 8.07. The summed E-state index contributed by atoms with van der Waals surface area (Å²) in [6, 6.07) is 7.63. The standard InChI is InChI=1S/C18H30BNO2/c1-13(2)18(5,6)22-12-11-17(3,4)20-16(21)14-7-9-15(19)10-8-14/h7-10,13H,11-12,19H2,1-6H3,(H,20,21). The summed E-state index contributed by atoms with van der Waals surface area (Å²) in [5, 5.41) is 3.09. The third-order valence-electron chi connectivity index (χ3n) is 4.36. The molecule has 0 aromatic heterocycles. The van der Waals surface area contributed by atoms with Crippen LogP contribution in [0.2, 0.25) is 0 Å². The molecule has 0 heterocycles. The summed E-state index contributed by atoms with van der Waals surface area (Å²) in [6.45, 7) is 13.2. The van der Waals surface area contributed by atoms with Crippen LogP contribution in [0.5, 0.6) is 0 Å². The Balaban J connectivity index is 2.53. The highest BCUT2D eigenvalue weighted by Crippen LogP contribution is 2.21. The van der Waals surface area contributed by atoms with Gasteiger partial charge < -0.3 is 10.1 Å². The topological polar surface area (TPSA) is 38.3 Å². The van der Waals surface area contributed by atoms with Crippen LogP contribution in [0, 0.1) is 5.92 Å². The van der Waals surface area contributed by atoms with Gasteiger partial charge in [0, 0.05) is 17.7 Å². The normalized spacial score (nSPS) is 12.5. The van der Waals surface area contributed by atoms with Crippen LogP contribution in [0.4, 0.5) is 0 Å². The van der Waals surface area contributed by atoms with Gasteiger partial charge >= 0.3 is 0 Å². The van der Waals surface area contributed by atoms with E-state index in [9.17, 15) is 4.79 Å². The van der Waals surface area contributed by atoms with E-state index in [1.54, 1.807) is 0 Å². The Hall–Kier alpha value is -1.29. The number of carbonyl (C=O) groups excluding carboxylic acids is 1. The lowest BCUT2D eigenvalue weighted by Crippen LogP contribution is -2.45. The van der Waals surface area contributed by atoms with Crippen molar-refractivity contribution < 1.29 is 9.53 Å². The molecule has 0 saturated carbocycles. The molecule has 0 spiro atoms. The van der Waals surface area contributed by atoms with Crippen LogP contribution in [0.25, 0.3) is 0 Å². The maximum atomic E-state index is 12.3. The summed E-state index contributed by atoms with van der Waals surface area (Å²) >= 11 is 0. The summed E-state index contributed by atoms with van der Waals surface area (Å²) in [5.74, 6) is 0.422. The molecule has 0 fully saturated rings. The van der Waals surface area contributed by atoms with E-state index in [-0.39, 0.29) is 17.0 Å². The van der Waals surface area contributed by atoms with E-state index in [0.717, 1.165) is 11.9 Å². The fourth-order valence-electron chi connectivity index (χ4n) is 1.88. The Morgan fingerprint density at radius 1 is 1.18 bits per heavy atom. The Morgan fingerprint density at radius 3 is 2.23 bits per heavy atom. The number of ether oxygens (including phenoxy) is 1. The predicted octanol–water partition coefficient (Wildman–Crippen LogP) is 2.29. The highest BCUT2D eigenvalue weighted by Gasteiger charge is 2.26. The molecule has 3 nitrogen and oxygen atoms in total. The lowest BCUT2D eigenvalue weighted by molar-refractivity contribution is -0.0558. The molecule has 0 radical (unpaired) electrons. The minimum Gasteiger partial charge on any atom is -0.375 e. The zero-order chi connectivity index (χ0) is 17.0. The average Bonchev–Trinajstić information content (AvgIpc) is 2.38. The number of hydrogen-bond acceptors (Lipinski definition) is 2. The second-order valence-electron chi connectivity index (χ2n) is 7.56. The summed E-state index contributed by atoms with van der Waals surface area (Å²) < 4.78 is 5.98. The molecule has 0 aliphatic heterocycles. The van der Waals surface area contributed by atoms with Gasteiger partial charge in [0.25, 0.3) is 5.91 Å². The molecule has 0 aliphatic rings. The minimum absolute atomic E-state index is 0.0341. The summed E-state index contributed by atoms with van der Waals surface area (Å²) in [4.78, 5) is 12.3. The molecular formula is C18H30BNO2. The van der Waals surface area contributed by atoms with Crippen molar-refractivity contribution in [3.05, 3.63) is 29.8 Å². The number of rotatable bonds is 7. The number of amides is 1. The number of hydrogen-bond donors (Lipinski definition) is 1. The van der Waals surface area contributed by atoms with Crippen molar-refractivity contribution >= 4 is 19.2 Å². The van der Waals surface area contributed by atoms with Crippen molar-refractivity contribution in [1.82, 2.24) is 5.32 Å². The van der Waals surface area contributed by atoms with Gasteiger partial charge in [-0.1, -0.05) is 43.6 Å². The molecule has 4 heteroatoms. The predicted molar refractivity (Wildman–Crippen MR) is 95.7 cm³/mol. The molecule has 0 bridgehead atoms. The monoisotopic (exact) mass is 303 g/mol. The van der Waals surface area contributed by atoms with Gasteiger partial charge in [-0.25, -0.2) is 0 Å². The van der Waals surface area contributed by atoms with Crippen LogP contribution in [-0.4, -0.2) is 31.5 Å². The van der Waals surface area contributed by atoms with Crippen molar-refractivity contribution in [2.45, 2.75) is 59.1 Å². The number of benzene rings is 1. The Labute approximate surface area is 136 Å². The molecule has 0 unspecified atom stereocenters. The Morgan fingerprint density at radius 2 is 1.73 bits per heavy atom. The lowest BCUT2D eigenvalue weighted by Gasteiger charge is -2.32. The molecule has 0 saturated heterocycles. The van der Waals surface area contributed by atoms with Crippen molar-refractivity contribution in [1.29, 1.82) is 0 Å². The van der Waals surface area contributed by atoms with Crippen LogP contribution < -0.4 is 10.8 Å². The zero-order valence-corrected chi connectivity index (χ0v) is 15.1. The SMILES string of the molecule is Bc1ccc(C(=O)NC(C)(C)CCOC(C)(C)C(C)C)cc1. The van der Waals surface area contributed by atoms with Gasteiger partial charge in [0.05, 0.1) is 5.60 Å². The molecule has 122 valence electrons. The second-order valence-corrected chi connectivity index (χ2v) is 7.56. The molecular weight excluding hydrogens is 273 g/mol. The van der Waals surface area contributed by atoms with E-state index >= 15 is 0 Å². The van der Waals surface area contributed by atoms with Gasteiger partial charge in [-0.3, -0.25) is 4.79 Å². The van der Waals surface area contributed by atoms with Gasteiger partial charge in [-0.2, -0.15) is 0 Å². The van der Waals surface area contributed by atoms with Crippen molar-refractivity contribution in [3.8, 4) is 0 Å². The van der Waals surface area contributed by atoms with Crippen molar-refractivity contribution in [3.63, 3.8) is 0 Å². The smallest absolute Gasteiger partial charge is 0.251 e. The van der Waals surface area contributed by atoms with Crippen LogP contribution in [0.1, 0.15) is 58.3 Å². The third kappa shape index (κ3) is 5.84. The van der Waals surface area contributed by atoms with Crippen molar-refractivity contribution in [2.24, 2.45) is 5.92 Å². The number of carbonyl (C=O) groups is 1. The average molecular weight is 303 g/mol. The molecule has 1 aromatic carbocycles. The first kappa shape index (κ1) is 18.8. The van der Waals surface area contributed by atoms with Crippen molar-refractivity contribution in [2.75, 3.05) is 6.61 Å². The fourth-order valence-corrected chi connectivity index (χ4v) is 1.88. The second kappa shape index (κ2) is 7.32. The highest BCUT2D eigenvalue weighted by atomic mass is 16.5. The van der Waals surface area contributed by atoms with Gasteiger partial charge in [0.2, 0.25) is 0 Å². The van der Waals surface area contributed by atoms with E-state index in [2.05, 4.69) is 33.0 Å². The highest BCUT2D eigenvalue weighted by molar-refractivity contribution is 6.32. The van der Waals surface area contributed by atoms with E-state index in [0.29, 0.717) is 18.1 Å². The minimum atomic E-state index is -0.297. The van der Waals surface area contributed by atoms with Crippen LogP contribution >= 0.6 is 0 Å². The van der Waals surface area contributed by atoms with E-state index in [1.165, 1.54) is 0 Å². The Bertz CT molecular complexity index is 492. The van der Waals surface area contributed by atoms with Gasteiger partial charge in [0.15, 0.2) is 0 Å². The molecule has 1 amide bonds. The molecule has 0 atom stereocenters. The largest absolute Gasteiger partial charge is 0.375 e. The first-order valence-corrected chi connectivity index (χ1v) is 8.07. The van der Waals surface area contributed by atoms with Gasteiger partial charge in [-0.05, 0) is 40.0 Å². The van der Waals surface area contributed by atoms with E-state index < -0.39 is 0 Å². The fraction of sp³-hybridized carbons (Fsp3) is 0.611. The molecule has 22 heavy (non-hydrogen) atoms. The molecule has 1 rings (SSSR count). The molecule has 1 aromatic rings. The van der Waals surface area contributed by atoms with Gasteiger partial charge in [-0.15, -0.1) is 0 Å². The van der Waals surface area contributed by atoms with Crippen LogP contribution in [-0.2, 0) is 4.74 Å². The zero-order valence-electron chi connectivity index (χ0n) is 15.1. The summed E-state index contributed by atoms with van der Waals surface area (Å²) in [7, 11) is 2.01. The quantitative estimate of drug-likeness (QED) is 0.785. The van der Waals surface area contributed by atoms with Gasteiger partial charge in [0.1, 0.15) is 7.85 Å². The lowest BCUT2D eigenvalue weighted by atomic mass is 9.94. The Kier molecular flexibility index (Phi) is 6.24.